The smallest absolute Gasteiger partial charge is 0.421 e. The van der Waals surface area contributed by atoms with Crippen molar-refractivity contribution in [1.82, 2.24) is 24.7 Å². The van der Waals surface area contributed by atoms with Gasteiger partial charge in [0.25, 0.3) is 5.91 Å². The number of halogens is 3. The number of hydrogen-bond acceptors (Lipinski definition) is 9. The van der Waals surface area contributed by atoms with Crippen molar-refractivity contribution < 1.29 is 37.1 Å². The van der Waals surface area contributed by atoms with Crippen LogP contribution in [0.15, 0.2) is 36.5 Å². The summed E-state index contributed by atoms with van der Waals surface area (Å²) in [5, 5.41) is 4.28. The second-order valence-corrected chi connectivity index (χ2v) is 15.7. The van der Waals surface area contributed by atoms with Crippen molar-refractivity contribution in [2.75, 3.05) is 58.0 Å². The summed E-state index contributed by atoms with van der Waals surface area (Å²) in [6.45, 7) is 7.88. The van der Waals surface area contributed by atoms with Gasteiger partial charge in [0, 0.05) is 52.0 Å². The number of hydrogen-bond donors (Lipinski definition) is 4. The van der Waals surface area contributed by atoms with Gasteiger partial charge in [-0.2, -0.15) is 18.2 Å². The molecule has 1 amide bonds. The highest BCUT2D eigenvalue weighted by Gasteiger charge is 2.46. The number of rotatable bonds is 11. The van der Waals surface area contributed by atoms with Crippen LogP contribution < -0.4 is 15.4 Å². The van der Waals surface area contributed by atoms with Gasteiger partial charge in [0.2, 0.25) is 5.95 Å². The van der Waals surface area contributed by atoms with E-state index in [-0.39, 0.29) is 47.7 Å². The number of methoxy groups -OCH3 is 1. The standard InChI is InChI=1S/C35H45F3N7O5P/c1-6-34(7-2,51(47,48)49)22-8-10-27(29(18-22)50-5)41-33-39-19-26(35(36,37)38)31(42-33)40-28-11-9-24(25-20-44(4)32(46)30(25)28)21-16-23(17-21)45-14-12-43(3)13-15-45/h8-11,18-19,21,23H,6-7,12-17,20H2,1-5H3,(H2,47,48,49)(H2,39,40,41,42). The molecule has 2 fully saturated rings. The number of nitrogens with zero attached hydrogens (tertiary/aromatic N) is 5. The van der Waals surface area contributed by atoms with Crippen molar-refractivity contribution in [2.24, 2.45) is 0 Å². The molecule has 16 heteroatoms. The van der Waals surface area contributed by atoms with Crippen LogP contribution in [-0.4, -0.2) is 93.8 Å². The number of carbonyl (C=O) groups is 1. The molecular weight excluding hydrogens is 686 g/mol. The average molecular weight is 732 g/mol. The number of nitrogens with one attached hydrogen (secondary N) is 2. The van der Waals surface area contributed by atoms with Crippen molar-refractivity contribution in [2.45, 2.75) is 69.4 Å². The van der Waals surface area contributed by atoms with Gasteiger partial charge in [-0.15, -0.1) is 0 Å². The van der Waals surface area contributed by atoms with Crippen LogP contribution in [0.5, 0.6) is 5.75 Å². The minimum absolute atomic E-state index is 0.168. The zero-order valence-electron chi connectivity index (χ0n) is 29.4. The van der Waals surface area contributed by atoms with E-state index in [1.807, 2.05) is 6.07 Å². The third kappa shape index (κ3) is 6.94. The number of aromatic nitrogens is 2. The Balaban J connectivity index is 1.29. The molecule has 1 aromatic heterocycles. The third-order valence-corrected chi connectivity index (χ3v) is 13.0. The zero-order chi connectivity index (χ0) is 36.9. The third-order valence-electron chi connectivity index (χ3n) is 11.0. The maximum Gasteiger partial charge on any atom is 0.421 e. The van der Waals surface area contributed by atoms with Gasteiger partial charge in [-0.25, -0.2) is 4.98 Å². The minimum Gasteiger partial charge on any atom is -0.495 e. The number of likely N-dealkylation sites (N-methyl/N-ethyl adjacent to an activating group) is 1. The molecule has 4 N–H and O–H groups in total. The number of alkyl halides is 3. The van der Waals surface area contributed by atoms with Crippen LogP contribution in [0.1, 0.15) is 78.1 Å². The van der Waals surface area contributed by atoms with Gasteiger partial charge in [0.1, 0.15) is 17.1 Å². The molecule has 0 atom stereocenters. The van der Waals surface area contributed by atoms with E-state index >= 15 is 0 Å². The fraction of sp³-hybridized carbons (Fsp3) is 0.514. The predicted molar refractivity (Wildman–Crippen MR) is 188 cm³/mol. The molecule has 51 heavy (non-hydrogen) atoms. The number of amides is 1. The van der Waals surface area contributed by atoms with E-state index in [1.54, 1.807) is 37.9 Å². The van der Waals surface area contributed by atoms with Crippen LogP contribution >= 0.6 is 7.60 Å². The fourth-order valence-electron chi connectivity index (χ4n) is 7.71. The molecule has 0 bridgehead atoms. The van der Waals surface area contributed by atoms with Crippen LogP contribution in [0.25, 0.3) is 0 Å². The van der Waals surface area contributed by atoms with E-state index in [1.165, 1.54) is 19.2 Å². The Morgan fingerprint density at radius 2 is 1.67 bits per heavy atom. The summed E-state index contributed by atoms with van der Waals surface area (Å²) < 4.78 is 60.9. The Morgan fingerprint density at radius 3 is 2.27 bits per heavy atom. The van der Waals surface area contributed by atoms with E-state index in [0.717, 1.165) is 50.1 Å². The lowest BCUT2D eigenvalue weighted by Gasteiger charge is -2.46. The second kappa shape index (κ2) is 14.0. The fourth-order valence-corrected chi connectivity index (χ4v) is 9.01. The number of fused-ring (bicyclic) bond motifs is 1. The first kappa shape index (κ1) is 37.0. The summed E-state index contributed by atoms with van der Waals surface area (Å²) in [6.07, 6.45) is -1.85. The maximum atomic E-state index is 14.3. The van der Waals surface area contributed by atoms with Crippen LogP contribution in [0.2, 0.25) is 0 Å². The summed E-state index contributed by atoms with van der Waals surface area (Å²) in [4.78, 5) is 48.4. The van der Waals surface area contributed by atoms with E-state index in [2.05, 4.69) is 37.4 Å². The van der Waals surface area contributed by atoms with Crippen LogP contribution in [0.4, 0.5) is 36.3 Å². The first-order chi connectivity index (χ1) is 24.1. The van der Waals surface area contributed by atoms with Gasteiger partial charge in [0.05, 0.1) is 29.2 Å². The number of ether oxygens (including phenoxy) is 1. The van der Waals surface area contributed by atoms with Gasteiger partial charge < -0.3 is 35.0 Å². The normalized spacial score (nSPS) is 20.3. The highest BCUT2D eigenvalue weighted by molar-refractivity contribution is 7.53. The average Bonchev–Trinajstić information content (AvgIpc) is 3.36. The summed E-state index contributed by atoms with van der Waals surface area (Å²) in [7, 11) is 0.599. The molecule has 2 aromatic carbocycles. The summed E-state index contributed by atoms with van der Waals surface area (Å²) in [6, 6.07) is 8.63. The lowest BCUT2D eigenvalue weighted by Crippen LogP contribution is -2.52. The highest BCUT2D eigenvalue weighted by Crippen LogP contribution is 2.61. The largest absolute Gasteiger partial charge is 0.495 e. The Labute approximate surface area is 295 Å². The summed E-state index contributed by atoms with van der Waals surface area (Å²) in [5.41, 5.74) is 1.98. The Morgan fingerprint density at radius 1 is 1.00 bits per heavy atom. The number of benzene rings is 2. The molecule has 276 valence electrons. The number of anilines is 4. The lowest BCUT2D eigenvalue weighted by atomic mass is 9.73. The zero-order valence-corrected chi connectivity index (χ0v) is 30.3. The molecule has 1 aliphatic carbocycles. The molecule has 3 heterocycles. The first-order valence-electron chi connectivity index (χ1n) is 17.2. The topological polar surface area (TPSA) is 143 Å². The van der Waals surface area contributed by atoms with E-state index in [9.17, 15) is 32.3 Å². The van der Waals surface area contributed by atoms with E-state index in [4.69, 9.17) is 4.74 Å². The molecule has 6 rings (SSSR count). The molecule has 2 aliphatic heterocycles. The van der Waals surface area contributed by atoms with Gasteiger partial charge in [-0.1, -0.05) is 26.0 Å². The van der Waals surface area contributed by atoms with Crippen molar-refractivity contribution in [3.63, 3.8) is 0 Å². The summed E-state index contributed by atoms with van der Waals surface area (Å²) >= 11 is 0. The van der Waals surface area contributed by atoms with Crippen molar-refractivity contribution in [3.05, 3.63) is 64.3 Å². The maximum absolute atomic E-state index is 14.3. The van der Waals surface area contributed by atoms with Gasteiger partial charge in [-0.05, 0) is 73.5 Å². The Kier molecular flexibility index (Phi) is 10.2. The van der Waals surface area contributed by atoms with Crippen LogP contribution in [-0.2, 0) is 22.4 Å². The van der Waals surface area contributed by atoms with E-state index < -0.39 is 30.3 Å². The molecule has 0 radical (unpaired) electrons. The Bertz CT molecular complexity index is 1840. The lowest BCUT2D eigenvalue weighted by molar-refractivity contribution is -0.137. The first-order valence-corrected chi connectivity index (χ1v) is 18.8. The van der Waals surface area contributed by atoms with Gasteiger partial charge in [0.15, 0.2) is 0 Å². The molecule has 3 aliphatic rings. The van der Waals surface area contributed by atoms with Gasteiger partial charge >= 0.3 is 13.8 Å². The molecule has 1 saturated carbocycles. The molecular formula is C35H45F3N7O5P. The Hall–Kier alpha value is -3.75. The molecule has 3 aromatic rings. The van der Waals surface area contributed by atoms with Gasteiger partial charge in [-0.3, -0.25) is 14.3 Å². The monoisotopic (exact) mass is 731 g/mol. The SMILES string of the molecule is CCC(CC)(c1ccc(Nc2ncc(C(F)(F)F)c(Nc3ccc(C4CC(N5CCN(C)CC5)C4)c4c3C(=O)N(C)C4)n2)c(OC)c1)P(=O)(O)O. The molecule has 12 nitrogen and oxygen atoms in total. The number of carbonyl (C=O) groups excluding carboxylic acids is 1. The minimum atomic E-state index is -4.81. The van der Waals surface area contributed by atoms with Crippen molar-refractivity contribution in [1.29, 1.82) is 0 Å². The molecule has 1 saturated heterocycles. The summed E-state index contributed by atoms with van der Waals surface area (Å²) in [5.74, 6) is -0.548. The van der Waals surface area contributed by atoms with Crippen LogP contribution in [0.3, 0.4) is 0 Å². The molecule has 0 spiro atoms. The van der Waals surface area contributed by atoms with Crippen molar-refractivity contribution >= 4 is 36.6 Å². The molecule has 0 unspecified atom stereocenters. The quantitative estimate of drug-likeness (QED) is 0.166. The van der Waals surface area contributed by atoms with E-state index in [0.29, 0.717) is 29.9 Å². The highest BCUT2D eigenvalue weighted by atomic mass is 31.2. The number of piperazine rings is 1. The van der Waals surface area contributed by atoms with Crippen molar-refractivity contribution in [3.8, 4) is 5.75 Å². The van der Waals surface area contributed by atoms with Crippen LogP contribution in [0, 0.1) is 0 Å². The second-order valence-electron chi connectivity index (χ2n) is 13.8. The predicted octanol–water partition coefficient (Wildman–Crippen LogP) is 6.26.